The van der Waals surface area contributed by atoms with Crippen LogP contribution >= 0.6 is 0 Å². The van der Waals surface area contributed by atoms with Gasteiger partial charge in [0.05, 0.1) is 33.6 Å². The number of hydrogen-bond acceptors (Lipinski definition) is 5. The normalized spacial score (nSPS) is 9.87. The molecule has 0 bridgehead atoms. The van der Waals surface area contributed by atoms with Crippen LogP contribution in [0.1, 0.15) is 0 Å². The molecule has 0 aliphatic carbocycles. The van der Waals surface area contributed by atoms with E-state index in [1.54, 1.807) is 39.5 Å². The predicted molar refractivity (Wildman–Crippen MR) is 89.7 cm³/mol. The molecule has 0 spiro atoms. The molecule has 1 amide bonds. The minimum atomic E-state index is -0.188. The number of anilines is 2. The van der Waals surface area contributed by atoms with Crippen LogP contribution in [0.3, 0.4) is 0 Å². The zero-order valence-electron chi connectivity index (χ0n) is 13.4. The Morgan fingerprint density at radius 3 is 2.17 bits per heavy atom. The highest BCUT2D eigenvalue weighted by molar-refractivity contribution is 5.95. The molecule has 0 saturated carbocycles. The molecule has 0 saturated heterocycles. The van der Waals surface area contributed by atoms with E-state index >= 15 is 0 Å². The van der Waals surface area contributed by atoms with Gasteiger partial charge in [0.1, 0.15) is 17.2 Å². The predicted octanol–water partition coefficient (Wildman–Crippen LogP) is 2.76. The van der Waals surface area contributed by atoms with Gasteiger partial charge in [-0.3, -0.25) is 4.79 Å². The lowest BCUT2D eigenvalue weighted by molar-refractivity contribution is -0.114. The Morgan fingerprint density at radius 2 is 1.57 bits per heavy atom. The van der Waals surface area contributed by atoms with E-state index in [1.165, 1.54) is 0 Å². The zero-order valence-corrected chi connectivity index (χ0v) is 13.4. The highest BCUT2D eigenvalue weighted by atomic mass is 16.5. The van der Waals surface area contributed by atoms with Gasteiger partial charge in [-0.05, 0) is 36.4 Å². The van der Waals surface area contributed by atoms with Gasteiger partial charge >= 0.3 is 0 Å². The van der Waals surface area contributed by atoms with Gasteiger partial charge in [-0.25, -0.2) is 0 Å². The molecule has 2 N–H and O–H groups in total. The number of amides is 1. The molecule has 0 heterocycles. The lowest BCUT2D eigenvalue weighted by Crippen LogP contribution is -2.22. The molecule has 2 aromatic rings. The van der Waals surface area contributed by atoms with Gasteiger partial charge in [-0.15, -0.1) is 0 Å². The Hall–Kier alpha value is -2.89. The van der Waals surface area contributed by atoms with Crippen molar-refractivity contribution < 1.29 is 19.0 Å². The molecule has 0 fully saturated rings. The van der Waals surface area contributed by atoms with Gasteiger partial charge in [0, 0.05) is 11.8 Å². The van der Waals surface area contributed by atoms with Crippen LogP contribution in [0.2, 0.25) is 0 Å². The Kier molecular flexibility index (Phi) is 5.68. The van der Waals surface area contributed by atoms with Gasteiger partial charge < -0.3 is 24.8 Å². The smallest absolute Gasteiger partial charge is 0.243 e. The molecule has 2 rings (SSSR count). The summed E-state index contributed by atoms with van der Waals surface area (Å²) in [7, 11) is 4.73. The van der Waals surface area contributed by atoms with E-state index in [0.717, 1.165) is 11.4 Å². The van der Waals surface area contributed by atoms with Crippen molar-refractivity contribution in [1.29, 1.82) is 0 Å². The van der Waals surface area contributed by atoms with Crippen LogP contribution in [0.4, 0.5) is 11.4 Å². The number of carbonyl (C=O) groups excluding carboxylic acids is 1. The summed E-state index contributed by atoms with van der Waals surface area (Å²) in [6.07, 6.45) is 0. The fourth-order valence-electron chi connectivity index (χ4n) is 2.00. The summed E-state index contributed by atoms with van der Waals surface area (Å²) in [4.78, 5) is 12.1. The third-order valence-corrected chi connectivity index (χ3v) is 3.22. The Labute approximate surface area is 135 Å². The number of rotatable bonds is 7. The summed E-state index contributed by atoms with van der Waals surface area (Å²) in [6, 6.07) is 12.6. The molecular formula is C17H20N2O4. The summed E-state index contributed by atoms with van der Waals surface area (Å²) < 4.78 is 15.5. The zero-order chi connectivity index (χ0) is 16.7. The molecule has 0 aliphatic heterocycles. The van der Waals surface area contributed by atoms with Crippen molar-refractivity contribution in [3.05, 3.63) is 42.5 Å². The SMILES string of the molecule is COc1ccc(NCC(=O)Nc2cc(OC)ccc2OC)cc1. The summed E-state index contributed by atoms with van der Waals surface area (Å²) in [5.41, 5.74) is 1.40. The van der Waals surface area contributed by atoms with Crippen LogP contribution < -0.4 is 24.8 Å². The summed E-state index contributed by atoms with van der Waals surface area (Å²) in [5.74, 6) is 1.79. The lowest BCUT2D eigenvalue weighted by Gasteiger charge is -2.12. The Bertz CT molecular complexity index is 656. The number of benzene rings is 2. The molecule has 0 unspecified atom stereocenters. The molecule has 122 valence electrons. The first-order valence-electron chi connectivity index (χ1n) is 7.06. The maximum Gasteiger partial charge on any atom is 0.243 e. The average Bonchev–Trinajstić information content (AvgIpc) is 2.60. The molecule has 0 aromatic heterocycles. The first kappa shape index (κ1) is 16.5. The van der Waals surface area contributed by atoms with Crippen molar-refractivity contribution in [3.8, 4) is 17.2 Å². The van der Waals surface area contributed by atoms with E-state index in [9.17, 15) is 4.79 Å². The number of nitrogens with one attached hydrogen (secondary N) is 2. The minimum Gasteiger partial charge on any atom is -0.497 e. The largest absolute Gasteiger partial charge is 0.497 e. The van der Waals surface area contributed by atoms with Gasteiger partial charge in [-0.1, -0.05) is 0 Å². The lowest BCUT2D eigenvalue weighted by atomic mass is 10.2. The van der Waals surface area contributed by atoms with E-state index in [2.05, 4.69) is 10.6 Å². The fraction of sp³-hybridized carbons (Fsp3) is 0.235. The molecule has 2 aromatic carbocycles. The van der Waals surface area contributed by atoms with E-state index in [0.29, 0.717) is 17.2 Å². The van der Waals surface area contributed by atoms with Crippen LogP contribution in [0.15, 0.2) is 42.5 Å². The van der Waals surface area contributed by atoms with Gasteiger partial charge in [-0.2, -0.15) is 0 Å². The molecular weight excluding hydrogens is 296 g/mol. The topological polar surface area (TPSA) is 68.8 Å². The third kappa shape index (κ3) is 4.54. The molecule has 6 nitrogen and oxygen atoms in total. The number of hydrogen-bond donors (Lipinski definition) is 2. The summed E-state index contributed by atoms with van der Waals surface area (Å²) in [5, 5.41) is 5.84. The van der Waals surface area contributed by atoms with E-state index in [1.807, 2.05) is 24.3 Å². The van der Waals surface area contributed by atoms with Crippen molar-refractivity contribution in [2.75, 3.05) is 38.5 Å². The van der Waals surface area contributed by atoms with Crippen LogP contribution in [0.25, 0.3) is 0 Å². The van der Waals surface area contributed by atoms with Gasteiger partial charge in [0.25, 0.3) is 0 Å². The standard InChI is InChI=1S/C17H20N2O4/c1-21-13-6-4-12(5-7-13)18-11-17(20)19-15-10-14(22-2)8-9-16(15)23-3/h4-10,18H,11H2,1-3H3,(H,19,20). The van der Waals surface area contributed by atoms with Crippen molar-refractivity contribution in [2.45, 2.75) is 0 Å². The highest BCUT2D eigenvalue weighted by Crippen LogP contribution is 2.28. The number of ether oxygens (including phenoxy) is 3. The maximum atomic E-state index is 12.1. The van der Waals surface area contributed by atoms with E-state index in [4.69, 9.17) is 14.2 Å². The molecule has 0 atom stereocenters. The van der Waals surface area contributed by atoms with E-state index < -0.39 is 0 Å². The van der Waals surface area contributed by atoms with Crippen LogP contribution in [-0.2, 0) is 4.79 Å². The second-order valence-electron chi connectivity index (χ2n) is 4.70. The monoisotopic (exact) mass is 316 g/mol. The first-order valence-corrected chi connectivity index (χ1v) is 7.06. The second-order valence-corrected chi connectivity index (χ2v) is 4.70. The van der Waals surface area contributed by atoms with Crippen molar-refractivity contribution in [1.82, 2.24) is 0 Å². The van der Waals surface area contributed by atoms with Crippen molar-refractivity contribution in [3.63, 3.8) is 0 Å². The molecule has 23 heavy (non-hydrogen) atoms. The molecule has 0 aliphatic rings. The highest BCUT2D eigenvalue weighted by Gasteiger charge is 2.09. The number of methoxy groups -OCH3 is 3. The second kappa shape index (κ2) is 7.93. The van der Waals surface area contributed by atoms with Gasteiger partial charge in [0.2, 0.25) is 5.91 Å². The number of carbonyl (C=O) groups is 1. The van der Waals surface area contributed by atoms with Gasteiger partial charge in [0.15, 0.2) is 0 Å². The maximum absolute atomic E-state index is 12.1. The fourth-order valence-corrected chi connectivity index (χ4v) is 2.00. The van der Waals surface area contributed by atoms with Crippen molar-refractivity contribution in [2.24, 2.45) is 0 Å². The summed E-state index contributed by atoms with van der Waals surface area (Å²) >= 11 is 0. The van der Waals surface area contributed by atoms with Crippen molar-refractivity contribution >= 4 is 17.3 Å². The Balaban J connectivity index is 1.96. The van der Waals surface area contributed by atoms with Crippen LogP contribution in [0.5, 0.6) is 17.2 Å². The minimum absolute atomic E-state index is 0.132. The average molecular weight is 316 g/mol. The first-order chi connectivity index (χ1) is 11.2. The van der Waals surface area contributed by atoms with E-state index in [-0.39, 0.29) is 12.5 Å². The third-order valence-electron chi connectivity index (χ3n) is 3.22. The molecule has 0 radical (unpaired) electrons. The van der Waals surface area contributed by atoms with Crippen LogP contribution in [0, 0.1) is 0 Å². The summed E-state index contributed by atoms with van der Waals surface area (Å²) in [6.45, 7) is 0.132. The quantitative estimate of drug-likeness (QED) is 0.822. The van der Waals surface area contributed by atoms with Crippen LogP contribution in [-0.4, -0.2) is 33.8 Å². The molecule has 6 heteroatoms. The Morgan fingerprint density at radius 1 is 0.913 bits per heavy atom.